The maximum Gasteiger partial charge on any atom is 0.312 e. The van der Waals surface area contributed by atoms with Gasteiger partial charge in [0.25, 0.3) is 6.29 Å². The van der Waals surface area contributed by atoms with Crippen molar-refractivity contribution >= 4 is 11.9 Å². The summed E-state index contributed by atoms with van der Waals surface area (Å²) in [6.45, 7) is 10.1. The lowest BCUT2D eigenvalue weighted by Gasteiger charge is -2.13. The van der Waals surface area contributed by atoms with Crippen molar-refractivity contribution in [3.05, 3.63) is 38.0 Å². The first-order valence-corrected chi connectivity index (χ1v) is 4.37. The molecule has 4 nitrogen and oxygen atoms in total. The lowest BCUT2D eigenvalue weighted by molar-refractivity contribution is -0.178. The zero-order chi connectivity index (χ0) is 11.7. The normalized spacial score (nSPS) is 9.13. The van der Waals surface area contributed by atoms with E-state index in [1.165, 1.54) is 18.2 Å². The maximum atomic E-state index is 11.0. The van der Waals surface area contributed by atoms with E-state index in [1.54, 1.807) is 0 Å². The summed E-state index contributed by atoms with van der Waals surface area (Å²) in [5.41, 5.74) is 0. The van der Waals surface area contributed by atoms with Gasteiger partial charge in [-0.3, -0.25) is 9.59 Å². The number of carbonyl (C=O) groups is 2. The molecule has 82 valence electrons. The molecule has 0 heterocycles. The van der Waals surface area contributed by atoms with Crippen molar-refractivity contribution in [1.82, 2.24) is 0 Å². The van der Waals surface area contributed by atoms with Crippen LogP contribution in [-0.4, -0.2) is 18.2 Å². The molecule has 0 saturated heterocycles. The van der Waals surface area contributed by atoms with Crippen molar-refractivity contribution in [2.24, 2.45) is 0 Å². The summed E-state index contributed by atoms with van der Waals surface area (Å²) in [6.07, 6.45) is 3.08. The van der Waals surface area contributed by atoms with E-state index in [2.05, 4.69) is 19.7 Å². The van der Waals surface area contributed by atoms with Gasteiger partial charge in [-0.05, 0) is 6.08 Å². The van der Waals surface area contributed by atoms with Crippen LogP contribution in [0, 0.1) is 0 Å². The highest BCUT2D eigenvalue weighted by molar-refractivity contribution is 5.73. The summed E-state index contributed by atoms with van der Waals surface area (Å²) in [4.78, 5) is 22.0. The average molecular weight is 210 g/mol. The third-order valence-corrected chi connectivity index (χ3v) is 1.31. The Balaban J connectivity index is 4.07. The van der Waals surface area contributed by atoms with Crippen molar-refractivity contribution in [2.45, 2.75) is 19.1 Å². The SMILES string of the molecule is C=CCC(=O)OC(C=C)OC(=O)CC=C. The lowest BCUT2D eigenvalue weighted by Crippen LogP contribution is -2.21. The zero-order valence-electron chi connectivity index (χ0n) is 8.48. The fraction of sp³-hybridized carbons (Fsp3) is 0.273. The number of carbonyl (C=O) groups excluding carboxylic acids is 2. The Kier molecular flexibility index (Phi) is 6.63. The van der Waals surface area contributed by atoms with Crippen LogP contribution in [0.4, 0.5) is 0 Å². The molecule has 0 atom stereocenters. The highest BCUT2D eigenvalue weighted by atomic mass is 16.7. The molecule has 0 amide bonds. The molecule has 0 aliphatic carbocycles. The van der Waals surface area contributed by atoms with E-state index in [0.717, 1.165) is 0 Å². The van der Waals surface area contributed by atoms with Gasteiger partial charge in [0.2, 0.25) is 0 Å². The third-order valence-electron chi connectivity index (χ3n) is 1.31. The standard InChI is InChI=1S/C11H14O4/c1-4-7-9(12)14-11(6-3)15-10(13)8-5-2/h4-6,11H,1-3,7-8H2. The predicted octanol–water partition coefficient (Wildman–Crippen LogP) is 1.74. The van der Waals surface area contributed by atoms with Crippen LogP contribution in [0.15, 0.2) is 38.0 Å². The molecule has 0 aliphatic rings. The Morgan fingerprint density at radius 3 is 1.67 bits per heavy atom. The zero-order valence-corrected chi connectivity index (χ0v) is 8.48. The Bertz CT molecular complexity index is 244. The van der Waals surface area contributed by atoms with Crippen LogP contribution in [0.25, 0.3) is 0 Å². The fourth-order valence-electron chi connectivity index (χ4n) is 0.711. The molecule has 0 bridgehead atoms. The molecular formula is C11H14O4. The second kappa shape index (κ2) is 7.55. The quantitative estimate of drug-likeness (QED) is 0.365. The molecule has 0 unspecified atom stereocenters. The van der Waals surface area contributed by atoms with E-state index >= 15 is 0 Å². The van der Waals surface area contributed by atoms with Gasteiger partial charge >= 0.3 is 11.9 Å². The van der Waals surface area contributed by atoms with E-state index in [1.807, 2.05) is 0 Å². The van der Waals surface area contributed by atoms with Crippen LogP contribution in [0.3, 0.4) is 0 Å². The molecule has 0 aromatic rings. The minimum Gasteiger partial charge on any atom is -0.421 e. The van der Waals surface area contributed by atoms with E-state index in [0.29, 0.717) is 0 Å². The molecule has 0 aromatic heterocycles. The van der Waals surface area contributed by atoms with Crippen molar-refractivity contribution < 1.29 is 19.1 Å². The van der Waals surface area contributed by atoms with Gasteiger partial charge < -0.3 is 9.47 Å². The summed E-state index contributed by atoms with van der Waals surface area (Å²) in [6, 6.07) is 0. The predicted molar refractivity (Wildman–Crippen MR) is 55.8 cm³/mol. The van der Waals surface area contributed by atoms with Crippen molar-refractivity contribution in [3.63, 3.8) is 0 Å². The van der Waals surface area contributed by atoms with Crippen molar-refractivity contribution in [1.29, 1.82) is 0 Å². The molecule has 0 N–H and O–H groups in total. The van der Waals surface area contributed by atoms with Gasteiger partial charge in [-0.1, -0.05) is 18.7 Å². The fourth-order valence-corrected chi connectivity index (χ4v) is 0.711. The van der Waals surface area contributed by atoms with Crippen LogP contribution >= 0.6 is 0 Å². The van der Waals surface area contributed by atoms with Gasteiger partial charge in [-0.2, -0.15) is 0 Å². The second-order valence-corrected chi connectivity index (χ2v) is 2.57. The Hall–Kier alpha value is -1.84. The number of rotatable bonds is 7. The molecule has 4 heteroatoms. The molecule has 0 rings (SSSR count). The Morgan fingerprint density at radius 2 is 1.40 bits per heavy atom. The maximum absolute atomic E-state index is 11.0. The minimum absolute atomic E-state index is 0.0589. The van der Waals surface area contributed by atoms with E-state index in [4.69, 9.17) is 9.47 Å². The smallest absolute Gasteiger partial charge is 0.312 e. The summed E-state index contributed by atoms with van der Waals surface area (Å²) in [7, 11) is 0. The van der Waals surface area contributed by atoms with Crippen molar-refractivity contribution in [2.75, 3.05) is 0 Å². The van der Waals surface area contributed by atoms with E-state index in [9.17, 15) is 9.59 Å². The van der Waals surface area contributed by atoms with Crippen LogP contribution in [-0.2, 0) is 19.1 Å². The van der Waals surface area contributed by atoms with E-state index in [-0.39, 0.29) is 12.8 Å². The first-order valence-electron chi connectivity index (χ1n) is 4.37. The summed E-state index contributed by atoms with van der Waals surface area (Å²) in [5.74, 6) is -1.05. The molecule has 0 radical (unpaired) electrons. The number of esters is 2. The molecule has 0 spiro atoms. The lowest BCUT2D eigenvalue weighted by atomic mass is 10.4. The largest absolute Gasteiger partial charge is 0.421 e. The van der Waals surface area contributed by atoms with Gasteiger partial charge in [0.05, 0.1) is 12.8 Å². The number of hydrogen-bond donors (Lipinski definition) is 0. The highest BCUT2D eigenvalue weighted by Crippen LogP contribution is 2.01. The second-order valence-electron chi connectivity index (χ2n) is 2.57. The van der Waals surface area contributed by atoms with Gasteiger partial charge in [0.1, 0.15) is 0 Å². The van der Waals surface area contributed by atoms with Crippen LogP contribution in [0.5, 0.6) is 0 Å². The van der Waals surface area contributed by atoms with Crippen LogP contribution < -0.4 is 0 Å². The van der Waals surface area contributed by atoms with Crippen molar-refractivity contribution in [3.8, 4) is 0 Å². The molecule has 0 aliphatic heterocycles. The topological polar surface area (TPSA) is 52.6 Å². The molecule has 0 aromatic carbocycles. The summed E-state index contributed by atoms with van der Waals surface area (Å²) >= 11 is 0. The number of ether oxygens (including phenoxy) is 2. The monoisotopic (exact) mass is 210 g/mol. The third kappa shape index (κ3) is 6.26. The highest BCUT2D eigenvalue weighted by Gasteiger charge is 2.13. The first kappa shape index (κ1) is 13.2. The number of hydrogen-bond acceptors (Lipinski definition) is 4. The van der Waals surface area contributed by atoms with E-state index < -0.39 is 18.2 Å². The van der Waals surface area contributed by atoms with Gasteiger partial charge in [0, 0.05) is 0 Å². The summed E-state index contributed by atoms with van der Waals surface area (Å²) < 4.78 is 9.50. The Morgan fingerprint density at radius 1 is 1.00 bits per heavy atom. The molecular weight excluding hydrogens is 196 g/mol. The minimum atomic E-state index is -1.05. The molecule has 15 heavy (non-hydrogen) atoms. The van der Waals surface area contributed by atoms with Crippen LogP contribution in [0.2, 0.25) is 0 Å². The Labute approximate surface area is 88.9 Å². The van der Waals surface area contributed by atoms with Gasteiger partial charge in [-0.15, -0.1) is 13.2 Å². The summed E-state index contributed by atoms with van der Waals surface area (Å²) in [5, 5.41) is 0. The average Bonchev–Trinajstić information content (AvgIpc) is 2.17. The first-order chi connectivity index (χ1) is 7.13. The molecule has 0 saturated carbocycles. The molecule has 0 fully saturated rings. The van der Waals surface area contributed by atoms with Gasteiger partial charge in [0.15, 0.2) is 0 Å². The van der Waals surface area contributed by atoms with Crippen LogP contribution in [0.1, 0.15) is 12.8 Å². The van der Waals surface area contributed by atoms with Gasteiger partial charge in [-0.25, -0.2) is 0 Å².